The van der Waals surface area contributed by atoms with Crippen LogP contribution in [-0.4, -0.2) is 99.5 Å². The summed E-state index contributed by atoms with van der Waals surface area (Å²) in [7, 11) is 10.7. The number of esters is 2. The van der Waals surface area contributed by atoms with E-state index in [1.807, 2.05) is 24.3 Å². The molecule has 62 heavy (non-hydrogen) atoms. The van der Waals surface area contributed by atoms with Gasteiger partial charge in [0.1, 0.15) is 13.1 Å². The van der Waals surface area contributed by atoms with Crippen molar-refractivity contribution in [1.29, 1.82) is 0 Å². The molecule has 7 rings (SSSR count). The van der Waals surface area contributed by atoms with E-state index in [1.165, 1.54) is 28.4 Å². The normalized spacial score (nSPS) is 33.6. The van der Waals surface area contributed by atoms with Gasteiger partial charge >= 0.3 is 11.9 Å². The van der Waals surface area contributed by atoms with Gasteiger partial charge in [0.15, 0.2) is 23.0 Å². The summed E-state index contributed by atoms with van der Waals surface area (Å²) in [5.41, 5.74) is 0.638. The number of benzene rings is 2. The molecule has 2 aromatic rings. The van der Waals surface area contributed by atoms with E-state index in [1.54, 1.807) is 13.8 Å². The molecule has 4 aliphatic heterocycles. The summed E-state index contributed by atoms with van der Waals surface area (Å²) >= 11 is 0. The van der Waals surface area contributed by atoms with Crippen molar-refractivity contribution < 1.29 is 66.8 Å². The first-order valence-corrected chi connectivity index (χ1v) is 22.6. The quantitative estimate of drug-likeness (QED) is 0.129. The van der Waals surface area contributed by atoms with Crippen LogP contribution < -0.4 is 38.6 Å². The first kappa shape index (κ1) is 45.5. The second kappa shape index (κ2) is 17.9. The highest BCUT2D eigenvalue weighted by atomic mass is 16.6. The monoisotopic (exact) mass is 862 g/mol. The fourth-order valence-electron chi connectivity index (χ4n) is 13.4. The number of carbonyl (C=O) groups excluding carboxylic acids is 4. The number of piperidine rings is 2. The molecule has 2 aromatic carbocycles. The van der Waals surface area contributed by atoms with Crippen molar-refractivity contribution in [3.05, 3.63) is 35.4 Å². The molecule has 0 aromatic heterocycles. The van der Waals surface area contributed by atoms with Gasteiger partial charge in [-0.15, -0.1) is 0 Å². The number of carboxylic acids is 2. The lowest BCUT2D eigenvalue weighted by atomic mass is 9.49. The zero-order valence-corrected chi connectivity index (χ0v) is 37.8. The van der Waals surface area contributed by atoms with E-state index in [2.05, 4.69) is 14.1 Å². The Bertz CT molecular complexity index is 1960. The van der Waals surface area contributed by atoms with Crippen LogP contribution in [0.1, 0.15) is 108 Å². The summed E-state index contributed by atoms with van der Waals surface area (Å²) in [6, 6.07) is 8.28. The summed E-state index contributed by atoms with van der Waals surface area (Å²) in [5, 5.41) is 27.3. The highest BCUT2D eigenvalue weighted by Gasteiger charge is 2.63. The molecule has 14 nitrogen and oxygen atoms in total. The maximum Gasteiger partial charge on any atom is 0.311 e. The van der Waals surface area contributed by atoms with Crippen molar-refractivity contribution >= 4 is 23.9 Å². The third-order valence-electron chi connectivity index (χ3n) is 16.4. The van der Waals surface area contributed by atoms with Crippen LogP contribution in [0.15, 0.2) is 24.3 Å². The van der Waals surface area contributed by atoms with Crippen molar-refractivity contribution in [3.8, 4) is 34.5 Å². The van der Waals surface area contributed by atoms with Crippen molar-refractivity contribution in [2.45, 2.75) is 135 Å². The largest absolute Gasteiger partial charge is 0.550 e. The van der Waals surface area contributed by atoms with E-state index >= 15 is 0 Å². The number of carbonyl (C=O) groups is 4. The molecule has 5 aliphatic rings. The van der Waals surface area contributed by atoms with Crippen molar-refractivity contribution in [3.63, 3.8) is 0 Å². The molecule has 4 heterocycles. The predicted molar refractivity (Wildman–Crippen MR) is 223 cm³/mol. The van der Waals surface area contributed by atoms with Crippen LogP contribution >= 0.6 is 0 Å². The smallest absolute Gasteiger partial charge is 0.311 e. The molecular formula is C48H66N2O12. The lowest BCUT2D eigenvalue weighted by Crippen LogP contribution is -2.66. The fourth-order valence-corrected chi connectivity index (χ4v) is 13.4. The number of hydrogen-bond acceptors (Lipinski definition) is 12. The molecule has 340 valence electrons. The molecular weight excluding hydrogens is 797 g/mol. The van der Waals surface area contributed by atoms with Crippen molar-refractivity contribution in [2.75, 3.05) is 42.5 Å². The Kier molecular flexibility index (Phi) is 13.1. The first-order chi connectivity index (χ1) is 29.6. The van der Waals surface area contributed by atoms with Crippen LogP contribution in [0.5, 0.6) is 34.5 Å². The van der Waals surface area contributed by atoms with Gasteiger partial charge in [0.05, 0.1) is 66.7 Å². The van der Waals surface area contributed by atoms with Crippen molar-refractivity contribution in [1.82, 2.24) is 0 Å². The van der Waals surface area contributed by atoms with Gasteiger partial charge in [-0.25, -0.2) is 0 Å². The topological polar surface area (TPSA) is 170 Å². The van der Waals surface area contributed by atoms with Crippen molar-refractivity contribution in [2.24, 2.45) is 29.1 Å². The van der Waals surface area contributed by atoms with Gasteiger partial charge in [-0.2, -0.15) is 0 Å². The molecule has 5 unspecified atom stereocenters. The number of nitrogens with zero attached hydrogens (tertiary/aromatic N) is 2. The minimum atomic E-state index is -1.29. The SMILES string of the molecule is CCC(=O)Oc1c(OC)cc(C[N+]2(C)C3CCC2CC([C@H]2C(C(=O)[O-])CCC[C@@]2(C(=O)[O-])C2CC4CCC(C2)[N+]4(C)Cc2cc(OC)c(OC(=O)CC)c(OC)c2)C3)cc1OC. The number of quaternary nitrogens is 2. The lowest BCUT2D eigenvalue weighted by Gasteiger charge is -2.60. The van der Waals surface area contributed by atoms with Crippen LogP contribution in [0.2, 0.25) is 0 Å². The molecule has 7 atom stereocenters. The van der Waals surface area contributed by atoms with Gasteiger partial charge < -0.3 is 57.2 Å². The highest BCUT2D eigenvalue weighted by Crippen LogP contribution is 2.62. The molecule has 0 N–H and O–H groups in total. The summed E-state index contributed by atoms with van der Waals surface area (Å²) in [6.45, 7) is 4.75. The average molecular weight is 863 g/mol. The lowest BCUT2D eigenvalue weighted by molar-refractivity contribution is -0.962. The minimum absolute atomic E-state index is 0.111. The Morgan fingerprint density at radius 1 is 0.629 bits per heavy atom. The Morgan fingerprint density at radius 3 is 1.35 bits per heavy atom. The van der Waals surface area contributed by atoms with E-state index < -0.39 is 41.1 Å². The molecule has 1 saturated carbocycles. The molecule has 4 bridgehead atoms. The summed E-state index contributed by atoms with van der Waals surface area (Å²) < 4.78 is 35.4. The Balaban J connectivity index is 1.16. The van der Waals surface area contributed by atoms with Crippen LogP contribution in [0.3, 0.4) is 0 Å². The van der Waals surface area contributed by atoms with E-state index in [4.69, 9.17) is 28.4 Å². The molecule has 5 fully saturated rings. The number of methoxy groups -OCH3 is 4. The molecule has 4 saturated heterocycles. The maximum absolute atomic E-state index is 14.1. The Morgan fingerprint density at radius 2 is 1.02 bits per heavy atom. The van der Waals surface area contributed by atoms with Gasteiger partial charge in [0.25, 0.3) is 0 Å². The van der Waals surface area contributed by atoms with E-state index in [9.17, 15) is 29.4 Å². The maximum atomic E-state index is 14.1. The third-order valence-corrected chi connectivity index (χ3v) is 16.4. The molecule has 1 aliphatic carbocycles. The minimum Gasteiger partial charge on any atom is -0.550 e. The zero-order valence-electron chi connectivity index (χ0n) is 37.8. The van der Waals surface area contributed by atoms with Crippen LogP contribution in [0, 0.1) is 29.1 Å². The van der Waals surface area contributed by atoms with E-state index in [0.29, 0.717) is 68.2 Å². The standard InChI is InChI=1S/C48H66N2O12/c1-9-41(51)61-44-37(57-5)18-28(19-38(44)58-6)26-49(3)32-13-14-33(49)23-30(22-32)43-36(46(53)54)12-11-17-48(43,47(55)56)31-24-34-15-16-35(25-31)50(34,4)27-29-20-39(59-7)45(40(21-29)60-8)62-42(52)10-2/h18-21,30-36,43H,9-17,22-27H2,1-8H3/t30?,31?,32?,33?,34?,35?,36?,43-,48+,49?,50?/m0/s1. The summed E-state index contributed by atoms with van der Waals surface area (Å²) in [4.78, 5) is 51.8. The van der Waals surface area contributed by atoms with Crippen LogP contribution in [-0.2, 0) is 32.3 Å². The van der Waals surface area contributed by atoms with Gasteiger partial charge in [0, 0.05) is 98.6 Å². The average Bonchev–Trinajstić information content (AvgIpc) is 3.48. The molecule has 0 amide bonds. The van der Waals surface area contributed by atoms with Gasteiger partial charge in [-0.1, -0.05) is 20.3 Å². The number of ether oxygens (including phenoxy) is 6. The van der Waals surface area contributed by atoms with E-state index in [-0.39, 0.29) is 60.3 Å². The third kappa shape index (κ3) is 7.88. The number of hydrogen-bond donors (Lipinski definition) is 0. The van der Waals surface area contributed by atoms with Gasteiger partial charge in [-0.05, 0) is 54.9 Å². The summed E-state index contributed by atoms with van der Waals surface area (Å²) in [6.07, 6.45) is 8.31. The Labute approximate surface area is 365 Å². The van der Waals surface area contributed by atoms with Crippen LogP contribution in [0.25, 0.3) is 0 Å². The number of carboxylic acid groups (broad SMARTS) is 2. The molecule has 0 spiro atoms. The first-order valence-electron chi connectivity index (χ1n) is 22.6. The zero-order chi connectivity index (χ0) is 44.7. The Hall–Kier alpha value is -4.56. The second-order valence-electron chi connectivity index (χ2n) is 19.2. The predicted octanol–water partition coefficient (Wildman–Crippen LogP) is 4.73. The number of fused-ring (bicyclic) bond motifs is 4. The fraction of sp³-hybridized carbons (Fsp3) is 0.667. The highest BCUT2D eigenvalue weighted by molar-refractivity contribution is 5.77. The van der Waals surface area contributed by atoms with E-state index in [0.717, 1.165) is 58.6 Å². The number of aliphatic carboxylic acids is 2. The van der Waals surface area contributed by atoms with Gasteiger partial charge in [-0.3, -0.25) is 9.59 Å². The number of rotatable bonds is 16. The summed E-state index contributed by atoms with van der Waals surface area (Å²) in [5.74, 6) is -2.69. The van der Waals surface area contributed by atoms with Crippen LogP contribution in [0.4, 0.5) is 0 Å². The molecule has 14 heteroatoms. The molecule has 0 radical (unpaired) electrons. The van der Waals surface area contributed by atoms with Gasteiger partial charge in [0.2, 0.25) is 11.5 Å². The second-order valence-corrected chi connectivity index (χ2v) is 19.2.